The second-order valence-electron chi connectivity index (χ2n) is 6.55. The summed E-state index contributed by atoms with van der Waals surface area (Å²) >= 11 is 12.3. The lowest BCUT2D eigenvalue weighted by molar-refractivity contribution is -0.140. The molecule has 2 N–H and O–H groups in total. The molecule has 9 heteroatoms. The Bertz CT molecular complexity index is 1020. The molecular formula is C21H19Cl2NO6. The molecule has 1 heterocycles. The number of ether oxygens (including phenoxy) is 2. The number of phenolic OH excluding ortho intramolecular Hbond substituents is 1. The van der Waals surface area contributed by atoms with Crippen LogP contribution in [0.1, 0.15) is 17.2 Å². The van der Waals surface area contributed by atoms with E-state index in [9.17, 15) is 19.8 Å². The number of nitrogens with zero attached hydrogens (tertiary/aromatic N) is 1. The van der Waals surface area contributed by atoms with E-state index in [0.29, 0.717) is 5.56 Å². The number of ketones is 1. The van der Waals surface area contributed by atoms with Crippen LogP contribution >= 0.6 is 23.2 Å². The van der Waals surface area contributed by atoms with Gasteiger partial charge in [-0.1, -0.05) is 35.3 Å². The number of carbonyl (C=O) groups excluding carboxylic acids is 2. The van der Waals surface area contributed by atoms with Crippen molar-refractivity contribution in [3.63, 3.8) is 0 Å². The second-order valence-corrected chi connectivity index (χ2v) is 7.39. The van der Waals surface area contributed by atoms with Gasteiger partial charge in [0.2, 0.25) is 0 Å². The van der Waals surface area contributed by atoms with E-state index in [4.69, 9.17) is 32.7 Å². The lowest BCUT2D eigenvalue weighted by Crippen LogP contribution is -2.32. The van der Waals surface area contributed by atoms with Crippen LogP contribution in [0, 0.1) is 0 Å². The maximum atomic E-state index is 12.9. The van der Waals surface area contributed by atoms with E-state index in [2.05, 4.69) is 0 Å². The molecule has 158 valence electrons. The fourth-order valence-corrected chi connectivity index (χ4v) is 3.96. The lowest BCUT2D eigenvalue weighted by atomic mass is 9.95. The van der Waals surface area contributed by atoms with Crippen molar-refractivity contribution < 1.29 is 29.3 Å². The van der Waals surface area contributed by atoms with E-state index in [1.807, 2.05) is 0 Å². The zero-order valence-electron chi connectivity index (χ0n) is 16.2. The van der Waals surface area contributed by atoms with Crippen molar-refractivity contribution in [3.05, 3.63) is 63.1 Å². The molecule has 0 spiro atoms. The van der Waals surface area contributed by atoms with Gasteiger partial charge in [-0.05, 0) is 29.8 Å². The summed E-state index contributed by atoms with van der Waals surface area (Å²) in [4.78, 5) is 27.0. The third-order valence-electron chi connectivity index (χ3n) is 4.75. The lowest BCUT2D eigenvalue weighted by Gasteiger charge is -2.25. The molecular weight excluding hydrogens is 433 g/mol. The summed E-state index contributed by atoms with van der Waals surface area (Å²) < 4.78 is 10.3. The molecule has 1 unspecified atom stereocenters. The number of hydrogen-bond acceptors (Lipinski definition) is 6. The summed E-state index contributed by atoms with van der Waals surface area (Å²) in [6.45, 7) is 0.310. The van der Waals surface area contributed by atoms with Gasteiger partial charge in [0.1, 0.15) is 17.3 Å². The van der Waals surface area contributed by atoms with Gasteiger partial charge in [-0.15, -0.1) is 0 Å². The number of halogens is 2. The summed E-state index contributed by atoms with van der Waals surface area (Å²) in [5, 5.41) is 21.1. The minimum Gasteiger partial charge on any atom is -0.508 e. The predicted molar refractivity (Wildman–Crippen MR) is 112 cm³/mol. The van der Waals surface area contributed by atoms with Gasteiger partial charge in [0, 0.05) is 18.7 Å². The number of aliphatic hydroxyl groups is 1. The van der Waals surface area contributed by atoms with E-state index in [0.717, 1.165) is 0 Å². The number of aromatic hydroxyl groups is 1. The largest absolute Gasteiger partial charge is 0.508 e. The van der Waals surface area contributed by atoms with Gasteiger partial charge in [0.15, 0.2) is 0 Å². The number of phenols is 1. The summed E-state index contributed by atoms with van der Waals surface area (Å²) in [7, 11) is 2.84. The van der Waals surface area contributed by atoms with Crippen molar-refractivity contribution in [1.82, 2.24) is 4.90 Å². The number of methoxy groups -OCH3 is 2. The molecule has 1 saturated heterocycles. The normalized spacial score (nSPS) is 18.1. The molecule has 30 heavy (non-hydrogen) atoms. The molecule has 1 aliphatic rings. The van der Waals surface area contributed by atoms with Gasteiger partial charge in [0.25, 0.3) is 11.7 Å². The molecule has 0 radical (unpaired) electrons. The molecule has 7 nitrogen and oxygen atoms in total. The van der Waals surface area contributed by atoms with E-state index in [1.165, 1.54) is 43.4 Å². The van der Waals surface area contributed by atoms with Crippen LogP contribution in [0.25, 0.3) is 5.76 Å². The number of likely N-dealkylation sites (tertiary alicyclic amines) is 1. The van der Waals surface area contributed by atoms with Crippen LogP contribution in [0.5, 0.6) is 11.5 Å². The van der Waals surface area contributed by atoms with Crippen molar-refractivity contribution in [2.24, 2.45) is 0 Å². The summed E-state index contributed by atoms with van der Waals surface area (Å²) in [6, 6.07) is 7.95. The van der Waals surface area contributed by atoms with Crippen molar-refractivity contribution in [1.29, 1.82) is 0 Å². The highest BCUT2D eigenvalue weighted by Crippen LogP contribution is 2.43. The number of Topliss-reactive ketones (excluding diaryl/α,β-unsaturated/α-hetero) is 1. The average molecular weight is 452 g/mol. The Balaban J connectivity index is 2.25. The minimum absolute atomic E-state index is 0.0240. The van der Waals surface area contributed by atoms with Crippen molar-refractivity contribution >= 4 is 40.7 Å². The van der Waals surface area contributed by atoms with Crippen molar-refractivity contribution in [2.75, 3.05) is 27.4 Å². The van der Waals surface area contributed by atoms with Gasteiger partial charge in [-0.25, -0.2) is 0 Å². The van der Waals surface area contributed by atoms with Crippen molar-refractivity contribution in [2.45, 2.75) is 6.04 Å². The summed E-state index contributed by atoms with van der Waals surface area (Å²) in [5.41, 5.74) is 0.471. The van der Waals surface area contributed by atoms with Crippen LogP contribution in [0.15, 0.2) is 42.0 Å². The second kappa shape index (κ2) is 8.95. The zero-order valence-corrected chi connectivity index (χ0v) is 17.7. The first-order valence-electron chi connectivity index (χ1n) is 8.89. The van der Waals surface area contributed by atoms with E-state index in [-0.39, 0.29) is 45.8 Å². The van der Waals surface area contributed by atoms with Gasteiger partial charge in [0.05, 0.1) is 35.9 Å². The topological polar surface area (TPSA) is 96.3 Å². The van der Waals surface area contributed by atoms with E-state index >= 15 is 0 Å². The molecule has 0 bridgehead atoms. The quantitative estimate of drug-likeness (QED) is 0.394. The summed E-state index contributed by atoms with van der Waals surface area (Å²) in [5.74, 6) is -1.96. The SMILES string of the molecule is COCCN1C(=O)C(=O)/C(=C(/O)c2cc(Cl)cc(Cl)c2OC)C1c1ccc(O)cc1. The molecule has 2 aromatic rings. The maximum absolute atomic E-state index is 12.9. The zero-order chi connectivity index (χ0) is 22.0. The summed E-state index contributed by atoms with van der Waals surface area (Å²) in [6.07, 6.45) is 0. The molecule has 0 aliphatic carbocycles. The smallest absolute Gasteiger partial charge is 0.295 e. The number of amides is 1. The Morgan fingerprint density at radius 3 is 2.40 bits per heavy atom. The van der Waals surface area contributed by atoms with Crippen LogP contribution in [0.4, 0.5) is 0 Å². The molecule has 0 aromatic heterocycles. The highest BCUT2D eigenvalue weighted by atomic mass is 35.5. The van der Waals surface area contributed by atoms with Crippen molar-refractivity contribution in [3.8, 4) is 11.5 Å². The van der Waals surface area contributed by atoms with Crippen LogP contribution in [0.3, 0.4) is 0 Å². The third-order valence-corrected chi connectivity index (χ3v) is 5.25. The highest BCUT2D eigenvalue weighted by molar-refractivity contribution is 6.46. The Hall–Kier alpha value is -2.74. The third kappa shape index (κ3) is 3.96. The molecule has 1 amide bonds. The fraction of sp³-hybridized carbons (Fsp3) is 0.238. The monoisotopic (exact) mass is 451 g/mol. The molecule has 0 saturated carbocycles. The van der Waals surface area contributed by atoms with Gasteiger partial charge in [-0.2, -0.15) is 0 Å². The first-order chi connectivity index (χ1) is 14.3. The maximum Gasteiger partial charge on any atom is 0.295 e. The van der Waals surface area contributed by atoms with Gasteiger partial charge in [-0.3, -0.25) is 9.59 Å². The molecule has 2 aromatic carbocycles. The predicted octanol–water partition coefficient (Wildman–Crippen LogP) is 3.78. The highest BCUT2D eigenvalue weighted by Gasteiger charge is 2.46. The number of benzene rings is 2. The van der Waals surface area contributed by atoms with Crippen LogP contribution in [-0.4, -0.2) is 54.2 Å². The Morgan fingerprint density at radius 1 is 1.13 bits per heavy atom. The molecule has 1 atom stereocenters. The standard InChI is InChI=1S/C21H19Cl2NO6/c1-29-8-7-24-17(11-3-5-13(25)6-4-11)16(19(27)21(24)28)18(26)14-9-12(22)10-15(23)20(14)30-2/h3-6,9-10,17,25-26H,7-8H2,1-2H3/b18-16+. The Labute approximate surface area is 183 Å². The molecule has 1 fully saturated rings. The average Bonchev–Trinajstić information content (AvgIpc) is 2.96. The fourth-order valence-electron chi connectivity index (χ4n) is 3.39. The van der Waals surface area contributed by atoms with Gasteiger partial charge < -0.3 is 24.6 Å². The van der Waals surface area contributed by atoms with E-state index in [1.54, 1.807) is 12.1 Å². The van der Waals surface area contributed by atoms with Crippen LogP contribution in [0.2, 0.25) is 10.0 Å². The molecule has 3 rings (SSSR count). The molecule has 1 aliphatic heterocycles. The van der Waals surface area contributed by atoms with Crippen LogP contribution < -0.4 is 4.74 Å². The number of rotatable bonds is 6. The van der Waals surface area contributed by atoms with Gasteiger partial charge >= 0.3 is 0 Å². The Kier molecular flexibility index (Phi) is 6.55. The number of carbonyl (C=O) groups is 2. The minimum atomic E-state index is -0.900. The van der Waals surface area contributed by atoms with E-state index < -0.39 is 23.5 Å². The van der Waals surface area contributed by atoms with Crippen LogP contribution in [-0.2, 0) is 14.3 Å². The Morgan fingerprint density at radius 2 is 1.80 bits per heavy atom. The number of hydrogen-bond donors (Lipinski definition) is 2. The first kappa shape index (κ1) is 22.0. The first-order valence-corrected chi connectivity index (χ1v) is 9.65. The number of aliphatic hydroxyl groups excluding tert-OH is 1.